The summed E-state index contributed by atoms with van der Waals surface area (Å²) in [4.78, 5) is 25.4. The number of nitrogens with one attached hydrogen (secondary N) is 2. The molecule has 1 aromatic rings. The van der Waals surface area contributed by atoms with Crippen molar-refractivity contribution in [3.05, 3.63) is 21.6 Å². The molecule has 2 aliphatic carbocycles. The smallest absolute Gasteiger partial charge is 0.407 e. The number of aromatic nitrogens is 2. The molecule has 124 valence electrons. The van der Waals surface area contributed by atoms with Gasteiger partial charge in [-0.15, -0.1) is 0 Å². The SMILES string of the molecule is O=C(NC1CC2CC2C1)OC1CCN(c2cn[nH]c(=O)c2Cl)C1. The second-order valence-corrected chi connectivity index (χ2v) is 7.11. The monoisotopic (exact) mass is 338 g/mol. The van der Waals surface area contributed by atoms with Crippen LogP contribution in [0.1, 0.15) is 25.7 Å². The summed E-state index contributed by atoms with van der Waals surface area (Å²) in [5, 5.41) is 9.16. The molecule has 3 aliphatic rings. The molecule has 3 unspecified atom stereocenters. The van der Waals surface area contributed by atoms with E-state index in [1.165, 1.54) is 12.6 Å². The first kappa shape index (κ1) is 14.8. The number of fused-ring (bicyclic) bond motifs is 1. The number of carbonyl (C=O) groups excluding carboxylic acids is 1. The Hall–Kier alpha value is -1.76. The predicted octanol–water partition coefficient (Wildman–Crippen LogP) is 1.53. The van der Waals surface area contributed by atoms with Gasteiger partial charge in [-0.2, -0.15) is 5.10 Å². The van der Waals surface area contributed by atoms with E-state index >= 15 is 0 Å². The second kappa shape index (κ2) is 5.70. The van der Waals surface area contributed by atoms with Crippen molar-refractivity contribution in [2.75, 3.05) is 18.0 Å². The van der Waals surface area contributed by atoms with Gasteiger partial charge in [0.1, 0.15) is 11.1 Å². The molecule has 23 heavy (non-hydrogen) atoms. The molecule has 0 radical (unpaired) electrons. The highest BCUT2D eigenvalue weighted by Crippen LogP contribution is 2.51. The maximum atomic E-state index is 12.0. The summed E-state index contributed by atoms with van der Waals surface area (Å²) < 4.78 is 5.50. The number of carbonyl (C=O) groups is 1. The van der Waals surface area contributed by atoms with E-state index in [-0.39, 0.29) is 23.3 Å². The van der Waals surface area contributed by atoms with Crippen LogP contribution in [0.25, 0.3) is 0 Å². The van der Waals surface area contributed by atoms with Crippen LogP contribution in [-0.2, 0) is 4.74 Å². The molecule has 1 aromatic heterocycles. The molecule has 0 spiro atoms. The lowest BCUT2D eigenvalue weighted by Crippen LogP contribution is -2.37. The number of alkyl carbamates (subject to hydrolysis) is 1. The summed E-state index contributed by atoms with van der Waals surface area (Å²) in [6.45, 7) is 1.20. The standard InChI is InChI=1S/C15H19ClN4O3/c16-13-12(6-17-19-14(13)21)20-2-1-11(7-20)23-15(22)18-10-4-8-3-9(8)5-10/h6,8-11H,1-5,7H2,(H,18,22)(H,19,21). The fraction of sp³-hybridized carbons (Fsp3) is 0.667. The molecule has 3 atom stereocenters. The maximum Gasteiger partial charge on any atom is 0.407 e. The predicted molar refractivity (Wildman–Crippen MR) is 84.7 cm³/mol. The van der Waals surface area contributed by atoms with Crippen LogP contribution in [0.4, 0.5) is 10.5 Å². The van der Waals surface area contributed by atoms with Crippen molar-refractivity contribution in [2.24, 2.45) is 11.8 Å². The average Bonchev–Trinajstić information content (AvgIpc) is 2.93. The summed E-state index contributed by atoms with van der Waals surface area (Å²) in [5.74, 6) is 1.65. The number of hydrogen-bond donors (Lipinski definition) is 2. The third-order valence-corrected chi connectivity index (χ3v) is 5.47. The summed E-state index contributed by atoms with van der Waals surface area (Å²) in [6, 6.07) is 0.273. The first-order valence-corrected chi connectivity index (χ1v) is 8.43. The summed E-state index contributed by atoms with van der Waals surface area (Å²) in [5.41, 5.74) is 0.170. The molecule has 2 N–H and O–H groups in total. The Balaban J connectivity index is 1.30. The average molecular weight is 339 g/mol. The molecular weight excluding hydrogens is 320 g/mol. The lowest BCUT2D eigenvalue weighted by Gasteiger charge is -2.20. The minimum atomic E-state index is -0.411. The van der Waals surface area contributed by atoms with Gasteiger partial charge in [-0.05, 0) is 31.1 Å². The van der Waals surface area contributed by atoms with Gasteiger partial charge in [0.25, 0.3) is 5.56 Å². The number of ether oxygens (including phenoxy) is 1. The van der Waals surface area contributed by atoms with Crippen LogP contribution in [-0.4, -0.2) is 41.5 Å². The zero-order chi connectivity index (χ0) is 16.0. The van der Waals surface area contributed by atoms with Crippen molar-refractivity contribution in [3.63, 3.8) is 0 Å². The molecule has 1 aliphatic heterocycles. The zero-order valence-corrected chi connectivity index (χ0v) is 13.4. The van der Waals surface area contributed by atoms with E-state index in [1.807, 2.05) is 4.90 Å². The van der Waals surface area contributed by atoms with Gasteiger partial charge in [-0.3, -0.25) is 4.79 Å². The van der Waals surface area contributed by atoms with E-state index in [0.717, 1.165) is 24.7 Å². The van der Waals surface area contributed by atoms with Gasteiger partial charge in [0.2, 0.25) is 0 Å². The van der Waals surface area contributed by atoms with Gasteiger partial charge in [0.15, 0.2) is 0 Å². The topological polar surface area (TPSA) is 87.3 Å². The fourth-order valence-electron chi connectivity index (χ4n) is 3.82. The largest absolute Gasteiger partial charge is 0.444 e. The Morgan fingerprint density at radius 3 is 2.96 bits per heavy atom. The normalized spacial score (nSPS) is 31.8. The van der Waals surface area contributed by atoms with Crippen molar-refractivity contribution >= 4 is 23.4 Å². The quantitative estimate of drug-likeness (QED) is 0.872. The number of amides is 1. The zero-order valence-electron chi connectivity index (χ0n) is 12.6. The highest BCUT2D eigenvalue weighted by molar-refractivity contribution is 6.33. The Labute approximate surface area is 138 Å². The van der Waals surface area contributed by atoms with Crippen LogP contribution < -0.4 is 15.8 Å². The summed E-state index contributed by atoms with van der Waals surface area (Å²) in [6.07, 6.45) is 5.22. The highest BCUT2D eigenvalue weighted by atomic mass is 35.5. The third kappa shape index (κ3) is 3.02. The number of hydrogen-bond acceptors (Lipinski definition) is 5. The van der Waals surface area contributed by atoms with Gasteiger partial charge >= 0.3 is 6.09 Å². The number of anilines is 1. The molecule has 0 bridgehead atoms. The lowest BCUT2D eigenvalue weighted by atomic mass is 10.2. The minimum absolute atomic E-state index is 0.121. The van der Waals surface area contributed by atoms with Crippen LogP contribution >= 0.6 is 11.6 Å². The van der Waals surface area contributed by atoms with Gasteiger partial charge in [-0.25, -0.2) is 9.89 Å². The van der Waals surface area contributed by atoms with Crippen molar-refractivity contribution in [3.8, 4) is 0 Å². The number of aromatic amines is 1. The molecule has 2 saturated carbocycles. The Kier molecular flexibility index (Phi) is 3.67. The van der Waals surface area contributed by atoms with E-state index in [4.69, 9.17) is 16.3 Å². The fourth-order valence-corrected chi connectivity index (χ4v) is 4.03. The number of halogens is 1. The molecule has 3 fully saturated rings. The van der Waals surface area contributed by atoms with Crippen molar-refractivity contribution in [1.82, 2.24) is 15.5 Å². The first-order valence-electron chi connectivity index (χ1n) is 8.05. The van der Waals surface area contributed by atoms with Gasteiger partial charge < -0.3 is 15.0 Å². The molecule has 1 saturated heterocycles. The molecule has 0 aromatic carbocycles. The van der Waals surface area contributed by atoms with Crippen molar-refractivity contribution in [2.45, 2.75) is 37.8 Å². The maximum absolute atomic E-state index is 12.0. The van der Waals surface area contributed by atoms with E-state index in [1.54, 1.807) is 0 Å². The summed E-state index contributed by atoms with van der Waals surface area (Å²) in [7, 11) is 0. The van der Waals surface area contributed by atoms with E-state index < -0.39 is 5.56 Å². The number of rotatable bonds is 3. The number of nitrogens with zero attached hydrogens (tertiary/aromatic N) is 2. The molecule has 1 amide bonds. The van der Waals surface area contributed by atoms with E-state index in [2.05, 4.69) is 15.5 Å². The Bertz CT molecular complexity index is 669. The Morgan fingerprint density at radius 2 is 2.17 bits per heavy atom. The molecule has 7 nitrogen and oxygen atoms in total. The van der Waals surface area contributed by atoms with Gasteiger partial charge in [-0.1, -0.05) is 11.6 Å². The molecular formula is C15H19ClN4O3. The van der Waals surface area contributed by atoms with Crippen molar-refractivity contribution < 1.29 is 9.53 Å². The van der Waals surface area contributed by atoms with Crippen LogP contribution in [0.15, 0.2) is 11.0 Å². The van der Waals surface area contributed by atoms with E-state index in [9.17, 15) is 9.59 Å². The van der Waals surface area contributed by atoms with Crippen LogP contribution in [0, 0.1) is 11.8 Å². The second-order valence-electron chi connectivity index (χ2n) is 6.73. The summed E-state index contributed by atoms with van der Waals surface area (Å²) >= 11 is 6.01. The molecule has 2 heterocycles. The van der Waals surface area contributed by atoms with E-state index in [0.29, 0.717) is 25.2 Å². The molecule has 4 rings (SSSR count). The first-order chi connectivity index (χ1) is 11.1. The number of H-pyrrole nitrogens is 1. The van der Waals surface area contributed by atoms with Gasteiger partial charge in [0.05, 0.1) is 18.4 Å². The lowest BCUT2D eigenvalue weighted by molar-refractivity contribution is 0.104. The van der Waals surface area contributed by atoms with Crippen LogP contribution in [0.5, 0.6) is 0 Å². The van der Waals surface area contributed by atoms with Crippen molar-refractivity contribution in [1.29, 1.82) is 0 Å². The van der Waals surface area contributed by atoms with Gasteiger partial charge in [0, 0.05) is 19.0 Å². The van der Waals surface area contributed by atoms with Crippen LogP contribution in [0.2, 0.25) is 5.02 Å². The van der Waals surface area contributed by atoms with Crippen LogP contribution in [0.3, 0.4) is 0 Å². The third-order valence-electron chi connectivity index (χ3n) is 5.10. The highest BCUT2D eigenvalue weighted by Gasteiger charge is 2.46. The molecule has 8 heteroatoms. The minimum Gasteiger partial charge on any atom is -0.444 e. The Morgan fingerprint density at radius 1 is 1.39 bits per heavy atom.